The third kappa shape index (κ3) is 4.46. The summed E-state index contributed by atoms with van der Waals surface area (Å²) in [7, 11) is 0. The molecule has 1 aliphatic carbocycles. The lowest BCUT2D eigenvalue weighted by atomic mass is 9.83. The predicted octanol–water partition coefficient (Wildman–Crippen LogP) is 3.81. The molecular weight excluding hydrogens is 232 g/mol. The van der Waals surface area contributed by atoms with Gasteiger partial charge in [-0.05, 0) is 51.1 Å². The van der Waals surface area contributed by atoms with Gasteiger partial charge in [0.05, 0.1) is 0 Å². The Hall–Kier alpha value is -0.0800. The van der Waals surface area contributed by atoms with Crippen LogP contribution in [0.5, 0.6) is 0 Å². The number of nitrogens with one attached hydrogen (secondary N) is 1. The molecule has 0 aromatic carbocycles. The highest BCUT2D eigenvalue weighted by Crippen LogP contribution is 2.28. The first-order valence-electron chi connectivity index (χ1n) is 8.82. The molecule has 3 atom stereocenters. The van der Waals surface area contributed by atoms with Gasteiger partial charge < -0.3 is 10.2 Å². The molecule has 1 N–H and O–H groups in total. The lowest BCUT2D eigenvalue weighted by molar-refractivity contribution is 0.128. The highest BCUT2D eigenvalue weighted by atomic mass is 15.2. The van der Waals surface area contributed by atoms with Gasteiger partial charge in [-0.3, -0.25) is 0 Å². The molecule has 1 heterocycles. The standard InChI is InChI=1S/C17H34N2/c1-3-16-11-6-5-9-13-19(16)14-15-10-7-8-12-17(15)18-4-2/h15-18H,3-14H2,1-2H3. The number of hydrogen-bond donors (Lipinski definition) is 1. The van der Waals surface area contributed by atoms with Gasteiger partial charge in [0.25, 0.3) is 0 Å². The Labute approximate surface area is 120 Å². The summed E-state index contributed by atoms with van der Waals surface area (Å²) in [6, 6.07) is 1.66. The summed E-state index contributed by atoms with van der Waals surface area (Å²) in [6.07, 6.45) is 12.9. The van der Waals surface area contributed by atoms with E-state index in [-0.39, 0.29) is 0 Å². The number of hydrogen-bond acceptors (Lipinski definition) is 2. The van der Waals surface area contributed by atoms with Crippen molar-refractivity contribution in [1.29, 1.82) is 0 Å². The molecule has 2 aliphatic rings. The first kappa shape index (κ1) is 15.3. The van der Waals surface area contributed by atoms with Crippen LogP contribution in [0.2, 0.25) is 0 Å². The average molecular weight is 266 g/mol. The van der Waals surface area contributed by atoms with Gasteiger partial charge in [0.15, 0.2) is 0 Å². The molecule has 3 unspecified atom stereocenters. The van der Waals surface area contributed by atoms with Crippen LogP contribution in [-0.2, 0) is 0 Å². The van der Waals surface area contributed by atoms with Crippen LogP contribution < -0.4 is 5.32 Å². The van der Waals surface area contributed by atoms with E-state index in [9.17, 15) is 0 Å². The molecule has 0 aromatic rings. The van der Waals surface area contributed by atoms with E-state index in [0.717, 1.165) is 24.5 Å². The molecule has 2 heteroatoms. The Kier molecular flexibility index (Phi) is 6.66. The van der Waals surface area contributed by atoms with Gasteiger partial charge in [0.1, 0.15) is 0 Å². The van der Waals surface area contributed by atoms with Gasteiger partial charge in [-0.15, -0.1) is 0 Å². The molecule has 0 bridgehead atoms. The minimum Gasteiger partial charge on any atom is -0.314 e. The normalized spacial score (nSPS) is 34.1. The van der Waals surface area contributed by atoms with E-state index in [2.05, 4.69) is 24.1 Å². The average Bonchev–Trinajstić information content (AvgIpc) is 2.66. The Morgan fingerprint density at radius 3 is 2.53 bits per heavy atom. The minimum absolute atomic E-state index is 0.791. The van der Waals surface area contributed by atoms with Crippen LogP contribution in [-0.4, -0.2) is 36.6 Å². The highest BCUT2D eigenvalue weighted by molar-refractivity contribution is 4.85. The molecule has 2 nitrogen and oxygen atoms in total. The lowest BCUT2D eigenvalue weighted by Crippen LogP contribution is -2.46. The maximum atomic E-state index is 3.75. The molecule has 0 radical (unpaired) electrons. The lowest BCUT2D eigenvalue weighted by Gasteiger charge is -2.38. The summed E-state index contributed by atoms with van der Waals surface area (Å²) >= 11 is 0. The second-order valence-electron chi connectivity index (χ2n) is 6.62. The van der Waals surface area contributed by atoms with Crippen LogP contribution in [0.15, 0.2) is 0 Å². The highest BCUT2D eigenvalue weighted by Gasteiger charge is 2.28. The fourth-order valence-corrected chi connectivity index (χ4v) is 4.20. The quantitative estimate of drug-likeness (QED) is 0.814. The molecule has 2 rings (SSSR count). The van der Waals surface area contributed by atoms with Crippen molar-refractivity contribution in [3.8, 4) is 0 Å². The van der Waals surface area contributed by atoms with Gasteiger partial charge in [0.2, 0.25) is 0 Å². The Morgan fingerprint density at radius 2 is 1.74 bits per heavy atom. The van der Waals surface area contributed by atoms with Gasteiger partial charge >= 0.3 is 0 Å². The van der Waals surface area contributed by atoms with Crippen LogP contribution in [0.25, 0.3) is 0 Å². The molecular formula is C17H34N2. The van der Waals surface area contributed by atoms with E-state index in [1.807, 2.05) is 0 Å². The minimum atomic E-state index is 0.791. The zero-order valence-corrected chi connectivity index (χ0v) is 13.2. The van der Waals surface area contributed by atoms with E-state index >= 15 is 0 Å². The third-order valence-electron chi connectivity index (χ3n) is 5.31. The summed E-state index contributed by atoms with van der Waals surface area (Å²) in [5.74, 6) is 0.904. The van der Waals surface area contributed by atoms with Crippen LogP contribution in [0.1, 0.15) is 71.6 Å². The van der Waals surface area contributed by atoms with Gasteiger partial charge in [-0.1, -0.05) is 39.5 Å². The van der Waals surface area contributed by atoms with Gasteiger partial charge in [-0.2, -0.15) is 0 Å². The van der Waals surface area contributed by atoms with Crippen LogP contribution in [0, 0.1) is 5.92 Å². The summed E-state index contributed by atoms with van der Waals surface area (Å²) in [5.41, 5.74) is 0. The Morgan fingerprint density at radius 1 is 0.947 bits per heavy atom. The summed E-state index contributed by atoms with van der Waals surface area (Å²) in [6.45, 7) is 8.49. The van der Waals surface area contributed by atoms with E-state index in [1.165, 1.54) is 70.9 Å². The third-order valence-corrected chi connectivity index (χ3v) is 5.31. The zero-order valence-electron chi connectivity index (χ0n) is 13.2. The summed E-state index contributed by atoms with van der Waals surface area (Å²) in [5, 5.41) is 3.75. The summed E-state index contributed by atoms with van der Waals surface area (Å²) in [4.78, 5) is 2.84. The van der Waals surface area contributed by atoms with E-state index in [1.54, 1.807) is 0 Å². The first-order chi connectivity index (χ1) is 9.35. The predicted molar refractivity (Wildman–Crippen MR) is 83.5 cm³/mol. The summed E-state index contributed by atoms with van der Waals surface area (Å²) < 4.78 is 0. The van der Waals surface area contributed by atoms with Crippen molar-refractivity contribution in [2.75, 3.05) is 19.6 Å². The van der Waals surface area contributed by atoms with Crippen molar-refractivity contribution in [3.05, 3.63) is 0 Å². The fraction of sp³-hybridized carbons (Fsp3) is 1.00. The molecule has 1 aliphatic heterocycles. The number of nitrogens with zero attached hydrogens (tertiary/aromatic N) is 1. The molecule has 0 spiro atoms. The van der Waals surface area contributed by atoms with Gasteiger partial charge in [-0.25, -0.2) is 0 Å². The van der Waals surface area contributed by atoms with Crippen molar-refractivity contribution < 1.29 is 0 Å². The van der Waals surface area contributed by atoms with Crippen LogP contribution in [0.4, 0.5) is 0 Å². The molecule has 112 valence electrons. The van der Waals surface area contributed by atoms with Crippen LogP contribution >= 0.6 is 0 Å². The smallest absolute Gasteiger partial charge is 0.0107 e. The van der Waals surface area contributed by atoms with Crippen molar-refractivity contribution in [1.82, 2.24) is 10.2 Å². The SMILES string of the molecule is CCNC1CCCCC1CN1CCCCCC1CC. The Balaban J connectivity index is 1.91. The fourth-order valence-electron chi connectivity index (χ4n) is 4.20. The Bertz CT molecular complexity index is 239. The van der Waals surface area contributed by atoms with E-state index < -0.39 is 0 Å². The first-order valence-corrected chi connectivity index (χ1v) is 8.82. The van der Waals surface area contributed by atoms with Crippen molar-refractivity contribution >= 4 is 0 Å². The largest absolute Gasteiger partial charge is 0.314 e. The van der Waals surface area contributed by atoms with Gasteiger partial charge in [0, 0.05) is 18.6 Å². The van der Waals surface area contributed by atoms with Crippen molar-refractivity contribution in [3.63, 3.8) is 0 Å². The van der Waals surface area contributed by atoms with E-state index in [4.69, 9.17) is 0 Å². The van der Waals surface area contributed by atoms with Crippen molar-refractivity contribution in [2.45, 2.75) is 83.7 Å². The molecule has 0 aromatic heterocycles. The van der Waals surface area contributed by atoms with Crippen molar-refractivity contribution in [2.24, 2.45) is 5.92 Å². The number of likely N-dealkylation sites (tertiary alicyclic amines) is 1. The zero-order chi connectivity index (χ0) is 13.5. The second kappa shape index (κ2) is 8.26. The maximum absolute atomic E-state index is 3.75. The molecule has 19 heavy (non-hydrogen) atoms. The van der Waals surface area contributed by atoms with Crippen LogP contribution in [0.3, 0.4) is 0 Å². The molecule has 1 saturated carbocycles. The maximum Gasteiger partial charge on any atom is 0.0107 e. The van der Waals surface area contributed by atoms with E-state index in [0.29, 0.717) is 0 Å². The second-order valence-corrected chi connectivity index (χ2v) is 6.62. The number of rotatable bonds is 5. The molecule has 0 amide bonds. The molecule has 2 fully saturated rings. The topological polar surface area (TPSA) is 15.3 Å². The molecule has 1 saturated heterocycles. The monoisotopic (exact) mass is 266 g/mol.